The normalized spacial score (nSPS) is 22.4. The van der Waals surface area contributed by atoms with Crippen LogP contribution in [0.5, 0.6) is 0 Å². The van der Waals surface area contributed by atoms with Crippen molar-refractivity contribution in [3.63, 3.8) is 0 Å². The van der Waals surface area contributed by atoms with E-state index in [1.807, 2.05) is 0 Å². The molecule has 0 saturated carbocycles. The molecule has 0 aromatic carbocycles. The fourth-order valence-corrected chi connectivity index (χ4v) is 2.69. The van der Waals surface area contributed by atoms with Gasteiger partial charge in [0.1, 0.15) is 4.21 Å². The summed E-state index contributed by atoms with van der Waals surface area (Å²) in [6.07, 6.45) is 0. The van der Waals surface area contributed by atoms with Crippen LogP contribution in [0, 0.1) is 0 Å². The van der Waals surface area contributed by atoms with Crippen molar-refractivity contribution >= 4 is 38.0 Å². The molecule has 0 radical (unpaired) electrons. The van der Waals surface area contributed by atoms with E-state index in [-0.39, 0.29) is 0 Å². The number of hydrogen-bond acceptors (Lipinski definition) is 4. The van der Waals surface area contributed by atoms with Gasteiger partial charge < -0.3 is 0 Å². The monoisotopic (exact) mass is 175 g/mol. The van der Waals surface area contributed by atoms with Gasteiger partial charge in [-0.3, -0.25) is 0 Å². The van der Waals surface area contributed by atoms with E-state index in [0.29, 0.717) is 0 Å². The summed E-state index contributed by atoms with van der Waals surface area (Å²) in [5.41, 5.74) is 1.75. The first-order chi connectivity index (χ1) is 4.38. The van der Waals surface area contributed by atoms with Gasteiger partial charge in [-0.05, 0) is 11.2 Å². The van der Waals surface area contributed by atoms with E-state index in [9.17, 15) is 0 Å². The second-order valence-corrected chi connectivity index (χ2v) is 4.52. The lowest BCUT2D eigenvalue weighted by molar-refractivity contribution is 1.24. The van der Waals surface area contributed by atoms with Gasteiger partial charge in [0.15, 0.2) is 0 Å². The fourth-order valence-electron chi connectivity index (χ4n) is 0.528. The van der Waals surface area contributed by atoms with Crippen LogP contribution in [-0.2, 0) is 20.8 Å². The average Bonchev–Trinajstić information content (AvgIpc) is 2.35. The number of thiazole rings is 1. The summed E-state index contributed by atoms with van der Waals surface area (Å²) >= 11 is 6.48. The van der Waals surface area contributed by atoms with Crippen molar-refractivity contribution in [3.8, 4) is 0 Å². The zero-order chi connectivity index (χ0) is 6.27. The molecule has 1 atom stereocenters. The van der Waals surface area contributed by atoms with Crippen LogP contribution >= 0.6 is 11.3 Å². The lowest BCUT2D eigenvalue weighted by Gasteiger charge is -1.78. The largest absolute Gasteiger partial charge is 0.223 e. The minimum Gasteiger partial charge on any atom is -0.223 e. The predicted molar refractivity (Wildman–Crippen MR) is 39.6 cm³/mol. The van der Waals surface area contributed by atoms with Gasteiger partial charge in [0.2, 0.25) is 5.82 Å². The topological polar surface area (TPSA) is 37.6 Å². The molecule has 2 rings (SSSR count). The molecule has 9 heavy (non-hydrogen) atoms. The van der Waals surface area contributed by atoms with Crippen LogP contribution < -0.4 is 0 Å². The standard InChI is InChI=1S/C3HN3S3/c7-9-3-2(5-6-9)4-1-8-3/h1H. The van der Waals surface area contributed by atoms with Gasteiger partial charge in [-0.1, -0.05) is 0 Å². The molecule has 0 spiro atoms. The molecular formula is C3HN3S3. The van der Waals surface area contributed by atoms with E-state index in [1.165, 1.54) is 11.3 Å². The highest BCUT2D eigenvalue weighted by Gasteiger charge is 2.14. The Balaban J connectivity index is 2.73. The third-order valence-corrected chi connectivity index (χ3v) is 4.00. The van der Waals surface area contributed by atoms with E-state index in [1.54, 1.807) is 5.51 Å². The second kappa shape index (κ2) is 1.89. The van der Waals surface area contributed by atoms with Crippen LogP contribution in [-0.4, -0.2) is 4.98 Å². The lowest BCUT2D eigenvalue weighted by atomic mass is 10.8. The van der Waals surface area contributed by atoms with Crippen LogP contribution in [0.2, 0.25) is 0 Å². The Bertz CT molecular complexity index is 288. The summed E-state index contributed by atoms with van der Waals surface area (Å²) in [7, 11) is -0.419. The molecule has 0 N–H and O–H groups in total. The summed E-state index contributed by atoms with van der Waals surface area (Å²) < 4.78 is 4.81. The van der Waals surface area contributed by atoms with Gasteiger partial charge in [-0.2, -0.15) is 0 Å². The average molecular weight is 175 g/mol. The van der Waals surface area contributed by atoms with E-state index < -0.39 is 9.64 Å². The Hall–Kier alpha value is -0.200. The summed E-state index contributed by atoms with van der Waals surface area (Å²) in [6, 6.07) is 0. The summed E-state index contributed by atoms with van der Waals surface area (Å²) in [6.45, 7) is 0. The van der Waals surface area contributed by atoms with Crippen LogP contribution in [0.3, 0.4) is 0 Å². The van der Waals surface area contributed by atoms with E-state index in [2.05, 4.69) is 14.6 Å². The Morgan fingerprint density at radius 2 is 2.56 bits per heavy atom. The van der Waals surface area contributed by atoms with Crippen LogP contribution in [0.15, 0.2) is 19.4 Å². The summed E-state index contributed by atoms with van der Waals surface area (Å²) in [5.74, 6) is 0.721. The fraction of sp³-hybridized carbons (Fsp3) is 0. The molecular weight excluding hydrogens is 174 g/mol. The number of hydrogen-bond donors (Lipinski definition) is 0. The zero-order valence-corrected chi connectivity index (χ0v) is 6.59. The SMILES string of the molecule is S=S1N=Nc2ncsc21. The molecule has 0 fully saturated rings. The van der Waals surface area contributed by atoms with Crippen molar-refractivity contribution in [1.29, 1.82) is 0 Å². The molecule has 6 heteroatoms. The first-order valence-electron chi connectivity index (χ1n) is 2.15. The molecule has 1 aromatic heterocycles. The quantitative estimate of drug-likeness (QED) is 0.600. The minimum atomic E-state index is -0.419. The molecule has 0 amide bonds. The molecule has 1 aromatic rings. The smallest absolute Gasteiger partial charge is 0.202 e. The summed E-state index contributed by atoms with van der Waals surface area (Å²) in [5, 5.41) is 3.77. The highest BCUT2D eigenvalue weighted by atomic mass is 32.8. The van der Waals surface area contributed by atoms with Gasteiger partial charge in [-0.25, -0.2) is 4.98 Å². The third-order valence-electron chi connectivity index (χ3n) is 0.886. The first kappa shape index (κ1) is 5.57. The molecule has 46 valence electrons. The van der Waals surface area contributed by atoms with Gasteiger partial charge in [-0.15, -0.1) is 21.0 Å². The number of nitrogens with zero attached hydrogens (tertiary/aromatic N) is 3. The van der Waals surface area contributed by atoms with Gasteiger partial charge in [0.25, 0.3) is 0 Å². The Morgan fingerprint density at radius 3 is 3.33 bits per heavy atom. The molecule has 1 unspecified atom stereocenters. The van der Waals surface area contributed by atoms with Crippen molar-refractivity contribution in [1.82, 2.24) is 4.98 Å². The molecule has 1 aliphatic rings. The highest BCUT2D eigenvalue weighted by molar-refractivity contribution is 8.29. The van der Waals surface area contributed by atoms with Crippen molar-refractivity contribution in [2.45, 2.75) is 4.21 Å². The Morgan fingerprint density at radius 1 is 1.67 bits per heavy atom. The number of aromatic nitrogens is 1. The maximum atomic E-state index is 4.95. The predicted octanol–water partition coefficient (Wildman–Crippen LogP) is 1.59. The number of rotatable bonds is 0. The molecule has 0 saturated heterocycles. The first-order valence-corrected chi connectivity index (χ1v) is 5.13. The third kappa shape index (κ3) is 0.742. The lowest BCUT2D eigenvalue weighted by Crippen LogP contribution is -1.68. The van der Waals surface area contributed by atoms with Crippen molar-refractivity contribution in [3.05, 3.63) is 5.51 Å². The highest BCUT2D eigenvalue weighted by Crippen LogP contribution is 2.32. The maximum absolute atomic E-state index is 4.95. The van der Waals surface area contributed by atoms with Crippen LogP contribution in [0.25, 0.3) is 0 Å². The van der Waals surface area contributed by atoms with Gasteiger partial charge in [0, 0.05) is 0 Å². The molecule has 3 nitrogen and oxygen atoms in total. The minimum absolute atomic E-state index is 0.419. The molecule has 0 aliphatic carbocycles. The van der Waals surface area contributed by atoms with Gasteiger partial charge in [0.05, 0.1) is 15.2 Å². The van der Waals surface area contributed by atoms with Gasteiger partial charge >= 0.3 is 0 Å². The Kier molecular flexibility index (Phi) is 1.17. The Labute approximate surface area is 62.6 Å². The second-order valence-electron chi connectivity index (χ2n) is 1.39. The van der Waals surface area contributed by atoms with E-state index >= 15 is 0 Å². The summed E-state index contributed by atoms with van der Waals surface area (Å²) in [4.78, 5) is 3.95. The van der Waals surface area contributed by atoms with E-state index in [0.717, 1.165) is 10.0 Å². The van der Waals surface area contributed by atoms with Crippen molar-refractivity contribution < 1.29 is 0 Å². The molecule has 0 bridgehead atoms. The van der Waals surface area contributed by atoms with Crippen molar-refractivity contribution in [2.24, 2.45) is 9.63 Å². The van der Waals surface area contributed by atoms with Crippen molar-refractivity contribution in [2.75, 3.05) is 0 Å². The molecule has 1 aliphatic heterocycles. The van der Waals surface area contributed by atoms with Crippen LogP contribution in [0.4, 0.5) is 5.82 Å². The maximum Gasteiger partial charge on any atom is 0.202 e. The van der Waals surface area contributed by atoms with E-state index in [4.69, 9.17) is 11.2 Å². The van der Waals surface area contributed by atoms with Crippen LogP contribution in [0.1, 0.15) is 0 Å². The number of fused-ring (bicyclic) bond motifs is 1. The molecule has 2 heterocycles. The zero-order valence-electron chi connectivity index (χ0n) is 4.14.